The second-order valence-electron chi connectivity index (χ2n) is 5.70. The number of nitrogens with one attached hydrogen (secondary N) is 1. The maximum absolute atomic E-state index is 13.3. The fraction of sp³-hybridized carbons (Fsp3) is 0.0500. The first-order chi connectivity index (χ1) is 12.8. The summed E-state index contributed by atoms with van der Waals surface area (Å²) in [5, 5.41) is 7.16. The van der Waals surface area contributed by atoms with Gasteiger partial charge in [0.1, 0.15) is 11.6 Å². The van der Waals surface area contributed by atoms with E-state index in [4.69, 9.17) is 4.52 Å². The van der Waals surface area contributed by atoms with E-state index < -0.39 is 0 Å². The number of anilines is 1. The van der Waals surface area contributed by atoms with Crippen molar-refractivity contribution in [3.05, 3.63) is 84.3 Å². The summed E-state index contributed by atoms with van der Waals surface area (Å²) in [6.45, 7) is 0.692. The summed E-state index contributed by atoms with van der Waals surface area (Å²) in [5.41, 5.74) is 2.44. The third kappa shape index (κ3) is 3.59. The fourth-order valence-electron chi connectivity index (χ4n) is 2.50. The molecule has 0 unspecified atom stereocenters. The number of hydrogen-bond acceptors (Lipinski definition) is 5. The fourth-order valence-corrected chi connectivity index (χ4v) is 2.50. The van der Waals surface area contributed by atoms with Gasteiger partial charge >= 0.3 is 0 Å². The largest absolute Gasteiger partial charge is 0.366 e. The lowest BCUT2D eigenvalue weighted by Crippen LogP contribution is -2.00. The predicted molar refractivity (Wildman–Crippen MR) is 96.7 cm³/mol. The zero-order valence-corrected chi connectivity index (χ0v) is 13.8. The minimum atomic E-state index is -0.343. The summed E-state index contributed by atoms with van der Waals surface area (Å²) in [6, 6.07) is 19.9. The molecule has 2 aromatic heterocycles. The van der Waals surface area contributed by atoms with Crippen molar-refractivity contribution >= 4 is 5.82 Å². The van der Waals surface area contributed by atoms with Gasteiger partial charge in [-0.25, -0.2) is 9.37 Å². The Labute approximate surface area is 149 Å². The van der Waals surface area contributed by atoms with Gasteiger partial charge in [-0.2, -0.15) is 4.98 Å². The Kier molecular flexibility index (Phi) is 4.38. The van der Waals surface area contributed by atoms with E-state index in [9.17, 15) is 4.39 Å². The molecule has 4 rings (SSSR count). The first-order valence-corrected chi connectivity index (χ1v) is 8.12. The third-order valence-corrected chi connectivity index (χ3v) is 3.84. The SMILES string of the molecule is Fc1cccc(-c2noc(-c3ccc(NCc4ccccc4)nc3)n2)c1. The molecule has 0 saturated carbocycles. The van der Waals surface area contributed by atoms with E-state index in [0.29, 0.717) is 29.4 Å². The second kappa shape index (κ2) is 7.14. The van der Waals surface area contributed by atoms with Gasteiger partial charge in [0.2, 0.25) is 5.82 Å². The number of rotatable bonds is 5. The molecule has 0 bridgehead atoms. The van der Waals surface area contributed by atoms with Crippen molar-refractivity contribution in [2.45, 2.75) is 6.54 Å². The number of aromatic nitrogens is 3. The summed E-state index contributed by atoms with van der Waals surface area (Å²) < 4.78 is 18.6. The Balaban J connectivity index is 1.47. The lowest BCUT2D eigenvalue weighted by molar-refractivity contribution is 0.432. The lowest BCUT2D eigenvalue weighted by Gasteiger charge is -2.05. The van der Waals surface area contributed by atoms with Crippen LogP contribution in [0.15, 0.2) is 77.4 Å². The van der Waals surface area contributed by atoms with Crippen LogP contribution in [0, 0.1) is 5.82 Å². The predicted octanol–water partition coefficient (Wildman–Crippen LogP) is 4.55. The first-order valence-electron chi connectivity index (χ1n) is 8.12. The number of nitrogens with zero attached hydrogens (tertiary/aromatic N) is 3. The molecule has 1 N–H and O–H groups in total. The van der Waals surface area contributed by atoms with Crippen LogP contribution in [0.2, 0.25) is 0 Å². The molecular formula is C20H15FN4O. The third-order valence-electron chi connectivity index (χ3n) is 3.84. The lowest BCUT2D eigenvalue weighted by atomic mass is 10.2. The smallest absolute Gasteiger partial charge is 0.259 e. The highest BCUT2D eigenvalue weighted by molar-refractivity contribution is 5.60. The molecule has 128 valence electrons. The summed E-state index contributed by atoms with van der Waals surface area (Å²) in [5.74, 6) is 1.09. The highest BCUT2D eigenvalue weighted by Gasteiger charge is 2.11. The second-order valence-corrected chi connectivity index (χ2v) is 5.70. The molecule has 0 aliphatic heterocycles. The zero-order valence-electron chi connectivity index (χ0n) is 13.8. The van der Waals surface area contributed by atoms with Crippen LogP contribution in [-0.4, -0.2) is 15.1 Å². The summed E-state index contributed by atoms with van der Waals surface area (Å²) in [4.78, 5) is 8.68. The Bertz CT molecular complexity index is 1000. The minimum Gasteiger partial charge on any atom is -0.366 e. The van der Waals surface area contributed by atoms with E-state index in [1.165, 1.54) is 17.7 Å². The monoisotopic (exact) mass is 346 g/mol. The number of pyridine rings is 1. The van der Waals surface area contributed by atoms with E-state index in [1.807, 2.05) is 42.5 Å². The Morgan fingerprint density at radius 3 is 2.58 bits per heavy atom. The summed E-state index contributed by atoms with van der Waals surface area (Å²) in [6.07, 6.45) is 1.66. The van der Waals surface area contributed by atoms with Crippen molar-refractivity contribution in [2.75, 3.05) is 5.32 Å². The van der Waals surface area contributed by atoms with Crippen LogP contribution < -0.4 is 5.32 Å². The molecule has 4 aromatic rings. The van der Waals surface area contributed by atoms with Crippen LogP contribution >= 0.6 is 0 Å². The molecular weight excluding hydrogens is 331 g/mol. The minimum absolute atomic E-state index is 0.339. The molecule has 0 amide bonds. The van der Waals surface area contributed by atoms with Crippen molar-refractivity contribution in [1.82, 2.24) is 15.1 Å². The van der Waals surface area contributed by atoms with Gasteiger partial charge in [0, 0.05) is 18.3 Å². The van der Waals surface area contributed by atoms with Gasteiger partial charge in [-0.3, -0.25) is 0 Å². The van der Waals surface area contributed by atoms with Crippen LogP contribution in [0.1, 0.15) is 5.56 Å². The van der Waals surface area contributed by atoms with Gasteiger partial charge in [-0.1, -0.05) is 47.6 Å². The first kappa shape index (κ1) is 16.0. The van der Waals surface area contributed by atoms with Crippen LogP contribution in [0.5, 0.6) is 0 Å². The summed E-state index contributed by atoms with van der Waals surface area (Å²) in [7, 11) is 0. The average molecular weight is 346 g/mol. The molecule has 2 aromatic carbocycles. The highest BCUT2D eigenvalue weighted by Crippen LogP contribution is 2.23. The van der Waals surface area contributed by atoms with Gasteiger partial charge in [0.25, 0.3) is 5.89 Å². The molecule has 0 saturated heterocycles. The number of hydrogen-bond donors (Lipinski definition) is 1. The normalized spacial score (nSPS) is 10.7. The highest BCUT2D eigenvalue weighted by atomic mass is 19.1. The molecule has 0 aliphatic rings. The van der Waals surface area contributed by atoms with Crippen molar-refractivity contribution in [2.24, 2.45) is 0 Å². The maximum atomic E-state index is 13.3. The number of halogens is 1. The molecule has 0 atom stereocenters. The Morgan fingerprint density at radius 1 is 0.923 bits per heavy atom. The van der Waals surface area contributed by atoms with E-state index in [0.717, 1.165) is 5.82 Å². The van der Waals surface area contributed by atoms with Gasteiger partial charge in [0.15, 0.2) is 0 Å². The van der Waals surface area contributed by atoms with Gasteiger partial charge in [-0.15, -0.1) is 0 Å². The quantitative estimate of drug-likeness (QED) is 0.574. The van der Waals surface area contributed by atoms with Crippen molar-refractivity contribution < 1.29 is 8.91 Å². The molecule has 0 fully saturated rings. The van der Waals surface area contributed by atoms with Crippen LogP contribution in [0.3, 0.4) is 0 Å². The maximum Gasteiger partial charge on any atom is 0.259 e. The average Bonchev–Trinajstić information content (AvgIpc) is 3.18. The van der Waals surface area contributed by atoms with Crippen LogP contribution in [-0.2, 0) is 6.54 Å². The number of benzene rings is 2. The molecule has 26 heavy (non-hydrogen) atoms. The van der Waals surface area contributed by atoms with E-state index in [-0.39, 0.29) is 5.82 Å². The molecule has 6 heteroatoms. The molecule has 5 nitrogen and oxygen atoms in total. The molecule has 0 radical (unpaired) electrons. The molecule has 2 heterocycles. The summed E-state index contributed by atoms with van der Waals surface area (Å²) >= 11 is 0. The zero-order chi connectivity index (χ0) is 17.8. The van der Waals surface area contributed by atoms with E-state index in [2.05, 4.69) is 20.4 Å². The molecule has 0 spiro atoms. The van der Waals surface area contributed by atoms with Crippen molar-refractivity contribution in [3.63, 3.8) is 0 Å². The van der Waals surface area contributed by atoms with Gasteiger partial charge < -0.3 is 9.84 Å². The Hall–Kier alpha value is -3.54. The van der Waals surface area contributed by atoms with Crippen molar-refractivity contribution in [3.8, 4) is 22.8 Å². The standard InChI is InChI=1S/C20H15FN4O/c21-17-8-4-7-15(11-17)19-24-20(26-25-19)16-9-10-18(23-13-16)22-12-14-5-2-1-3-6-14/h1-11,13H,12H2,(H,22,23). The topological polar surface area (TPSA) is 63.8 Å². The van der Waals surface area contributed by atoms with E-state index in [1.54, 1.807) is 18.3 Å². The van der Waals surface area contributed by atoms with Crippen LogP contribution in [0.4, 0.5) is 10.2 Å². The Morgan fingerprint density at radius 2 is 1.81 bits per heavy atom. The molecule has 0 aliphatic carbocycles. The van der Waals surface area contributed by atoms with Gasteiger partial charge in [-0.05, 0) is 29.8 Å². The van der Waals surface area contributed by atoms with Gasteiger partial charge in [0.05, 0.1) is 5.56 Å². The van der Waals surface area contributed by atoms with Crippen LogP contribution in [0.25, 0.3) is 22.8 Å². The van der Waals surface area contributed by atoms with Crippen molar-refractivity contribution in [1.29, 1.82) is 0 Å². The van der Waals surface area contributed by atoms with E-state index >= 15 is 0 Å².